The van der Waals surface area contributed by atoms with E-state index in [0.29, 0.717) is 23.7 Å². The van der Waals surface area contributed by atoms with Gasteiger partial charge >= 0.3 is 0 Å². The maximum atomic E-state index is 10.5. The second-order valence-electron chi connectivity index (χ2n) is 10.5. The van der Waals surface area contributed by atoms with Crippen molar-refractivity contribution in [3.63, 3.8) is 0 Å². The highest BCUT2D eigenvalue weighted by Crippen LogP contribution is 2.08. The predicted molar refractivity (Wildman–Crippen MR) is 229 cm³/mol. The number of nitrogens with zero attached hydrogens (tertiary/aromatic N) is 9. The van der Waals surface area contributed by atoms with Gasteiger partial charge in [0, 0.05) is 49.0 Å². The zero-order chi connectivity index (χ0) is 35.2. The van der Waals surface area contributed by atoms with Crippen molar-refractivity contribution in [3.8, 4) is 0 Å². The standard InChI is InChI=1S/C8H17NO.C5H7N3.2C5H7NS.C4H6N2O.C4H6N2S.6CH4/c1-6(2)5-7(3)9-8(4)10;1-4-3-6-8-5(2)7-4;2*1-4-3-6-5(2)7-4;2*1-3-5-6-4(2)7-3;;;;;;/h6-7H,5H2,1-4H3,(H,9,10);3H,1-2H3;2*3H,1-2H3;2*1-2H3;6*1H4. The molecule has 5 aromatic heterocycles. The molecule has 302 valence electrons. The molecular weight excluding hydrogens is 713 g/mol. The second-order valence-corrected chi connectivity index (χ2v) is 14.8. The molecule has 0 saturated heterocycles. The van der Waals surface area contributed by atoms with Crippen molar-refractivity contribution in [1.29, 1.82) is 0 Å². The quantitative estimate of drug-likeness (QED) is 0.185. The molecule has 1 amide bonds. The third-order valence-electron chi connectivity index (χ3n) is 4.79. The van der Waals surface area contributed by atoms with Crippen LogP contribution >= 0.6 is 34.0 Å². The van der Waals surface area contributed by atoms with E-state index in [1.165, 1.54) is 9.75 Å². The SMILES string of the molecule is C.C.C.C.C.C.CC(=O)NC(C)CC(C)C.Cc1cnc(C)s1.Cc1cnc(C)s1.Cc1cnnc(C)n1.Cc1nnc(C)o1.Cc1nnc(C)s1. The number of carbonyl (C=O) groups excluding carboxylic acids is 1. The van der Waals surface area contributed by atoms with E-state index in [2.05, 4.69) is 78.6 Å². The van der Waals surface area contributed by atoms with Crippen molar-refractivity contribution in [2.45, 2.75) is 154 Å². The molecule has 0 aliphatic carbocycles. The third-order valence-corrected chi connectivity index (χ3v) is 7.20. The molecule has 15 heteroatoms. The third kappa shape index (κ3) is 37.7. The Morgan fingerprint density at radius 2 is 1.06 bits per heavy atom. The van der Waals surface area contributed by atoms with E-state index in [0.717, 1.165) is 38.0 Å². The minimum atomic E-state index is 0. The summed E-state index contributed by atoms with van der Waals surface area (Å²) in [5, 5.41) is 29.3. The highest BCUT2D eigenvalue weighted by Gasteiger charge is 2.04. The summed E-state index contributed by atoms with van der Waals surface area (Å²) in [6.07, 6.45) is 6.46. The van der Waals surface area contributed by atoms with Crippen LogP contribution in [0.1, 0.15) is 132 Å². The summed E-state index contributed by atoms with van der Waals surface area (Å²) in [4.78, 5) is 25.2. The van der Waals surface area contributed by atoms with E-state index in [-0.39, 0.29) is 50.5 Å². The van der Waals surface area contributed by atoms with Gasteiger partial charge < -0.3 is 9.73 Å². The van der Waals surface area contributed by atoms with Crippen LogP contribution in [0.25, 0.3) is 0 Å². The van der Waals surface area contributed by atoms with Gasteiger partial charge in [0.2, 0.25) is 17.7 Å². The number of carbonyl (C=O) groups is 1. The smallest absolute Gasteiger partial charge is 0.217 e. The highest BCUT2D eigenvalue weighted by molar-refractivity contribution is 7.11. The van der Waals surface area contributed by atoms with Gasteiger partial charge in [0.1, 0.15) is 15.8 Å². The lowest BCUT2D eigenvalue weighted by molar-refractivity contribution is -0.119. The van der Waals surface area contributed by atoms with Crippen molar-refractivity contribution in [3.05, 3.63) is 71.7 Å². The molecule has 0 fully saturated rings. The van der Waals surface area contributed by atoms with Crippen molar-refractivity contribution in [2.24, 2.45) is 5.92 Å². The van der Waals surface area contributed by atoms with Gasteiger partial charge in [-0.3, -0.25) is 4.79 Å². The Morgan fingerprint density at radius 1 is 0.635 bits per heavy atom. The Bertz CT molecular complexity index is 1280. The van der Waals surface area contributed by atoms with E-state index in [4.69, 9.17) is 4.42 Å². The average molecular weight is 787 g/mol. The molecule has 0 aliphatic heterocycles. The molecule has 0 radical (unpaired) electrons. The van der Waals surface area contributed by atoms with Crippen molar-refractivity contribution >= 4 is 39.9 Å². The number of rotatable bonds is 3. The van der Waals surface area contributed by atoms with Gasteiger partial charge in [-0.1, -0.05) is 58.4 Å². The Labute approximate surface area is 330 Å². The van der Waals surface area contributed by atoms with Gasteiger partial charge in [0.25, 0.3) is 0 Å². The first-order chi connectivity index (χ1) is 21.5. The summed E-state index contributed by atoms with van der Waals surface area (Å²) >= 11 is 5.08. The van der Waals surface area contributed by atoms with Gasteiger partial charge in [0.15, 0.2) is 0 Å². The molecule has 1 atom stereocenters. The zero-order valence-electron chi connectivity index (χ0n) is 29.7. The Balaban J connectivity index is -0.0000000916. The topological polar surface area (TPSA) is 158 Å². The van der Waals surface area contributed by atoms with E-state index in [1.54, 1.807) is 61.0 Å². The fourth-order valence-corrected chi connectivity index (χ4v) is 5.29. The van der Waals surface area contributed by atoms with Gasteiger partial charge in [-0.2, -0.15) is 5.10 Å². The molecule has 0 spiro atoms. The van der Waals surface area contributed by atoms with Crippen LogP contribution in [-0.4, -0.2) is 57.5 Å². The van der Waals surface area contributed by atoms with Crippen LogP contribution in [0.3, 0.4) is 0 Å². The van der Waals surface area contributed by atoms with Crippen LogP contribution in [0, 0.1) is 75.2 Å². The minimum absolute atomic E-state index is 0. The number of amides is 1. The van der Waals surface area contributed by atoms with Crippen LogP contribution in [0.15, 0.2) is 23.0 Å². The highest BCUT2D eigenvalue weighted by atomic mass is 32.1. The van der Waals surface area contributed by atoms with Crippen LogP contribution in [0.2, 0.25) is 0 Å². The molecular formula is C37H74N10O2S3. The summed E-state index contributed by atoms with van der Waals surface area (Å²) in [7, 11) is 0. The summed E-state index contributed by atoms with van der Waals surface area (Å²) in [6.45, 7) is 27.2. The first-order valence-corrected chi connectivity index (χ1v) is 17.1. The zero-order valence-corrected chi connectivity index (χ0v) is 32.1. The number of hydrogen-bond acceptors (Lipinski definition) is 14. The Kier molecular flexibility index (Phi) is 43.7. The molecule has 1 N–H and O–H groups in total. The number of thiazole rings is 2. The maximum Gasteiger partial charge on any atom is 0.217 e. The van der Waals surface area contributed by atoms with Crippen molar-refractivity contribution in [1.82, 2.24) is 50.9 Å². The van der Waals surface area contributed by atoms with Gasteiger partial charge in [-0.05, 0) is 74.7 Å². The van der Waals surface area contributed by atoms with Crippen molar-refractivity contribution < 1.29 is 9.21 Å². The summed E-state index contributed by atoms with van der Waals surface area (Å²) in [5.74, 6) is 2.69. The average Bonchev–Trinajstić information content (AvgIpc) is 3.71. The first kappa shape index (κ1) is 63.5. The number of aromatic nitrogens is 9. The number of hydrogen-bond donors (Lipinski definition) is 1. The molecule has 0 aliphatic rings. The summed E-state index contributed by atoms with van der Waals surface area (Å²) < 4.78 is 4.86. The molecule has 12 nitrogen and oxygen atoms in total. The largest absolute Gasteiger partial charge is 0.426 e. The van der Waals surface area contributed by atoms with Gasteiger partial charge in [-0.15, -0.1) is 59.5 Å². The van der Waals surface area contributed by atoms with Crippen LogP contribution in [-0.2, 0) is 4.79 Å². The van der Waals surface area contributed by atoms with Crippen LogP contribution < -0.4 is 5.32 Å². The van der Waals surface area contributed by atoms with Gasteiger partial charge in [-0.25, -0.2) is 15.0 Å². The normalized spacial score (nSPS) is 9.06. The monoisotopic (exact) mass is 787 g/mol. The number of aryl methyl sites for hydroxylation is 10. The summed E-state index contributed by atoms with van der Waals surface area (Å²) in [6, 6.07) is 0.317. The molecule has 0 bridgehead atoms. The Morgan fingerprint density at radius 3 is 1.23 bits per heavy atom. The molecule has 0 saturated carbocycles. The maximum absolute atomic E-state index is 10.5. The van der Waals surface area contributed by atoms with E-state index in [9.17, 15) is 4.79 Å². The second kappa shape index (κ2) is 35.8. The Hall–Kier alpha value is -3.56. The predicted octanol–water partition coefficient (Wildman–Crippen LogP) is 11.2. The first-order valence-electron chi connectivity index (χ1n) is 14.7. The van der Waals surface area contributed by atoms with Gasteiger partial charge in [0.05, 0.1) is 21.9 Å². The van der Waals surface area contributed by atoms with Crippen LogP contribution in [0.4, 0.5) is 0 Å². The lowest BCUT2D eigenvalue weighted by Crippen LogP contribution is -2.31. The van der Waals surface area contributed by atoms with Crippen molar-refractivity contribution in [2.75, 3.05) is 0 Å². The molecule has 5 rings (SSSR count). The van der Waals surface area contributed by atoms with Crippen LogP contribution in [0.5, 0.6) is 0 Å². The fraction of sp³-hybridized carbons (Fsp3) is 0.622. The summed E-state index contributed by atoms with van der Waals surface area (Å²) in [5.41, 5.74) is 0.914. The van der Waals surface area contributed by atoms with E-state index in [1.807, 2.05) is 60.9 Å². The molecule has 52 heavy (non-hydrogen) atoms. The lowest BCUT2D eigenvalue weighted by atomic mass is 10.1. The fourth-order valence-electron chi connectivity index (χ4n) is 3.34. The molecule has 0 aromatic carbocycles. The molecule has 5 aromatic rings. The minimum Gasteiger partial charge on any atom is -0.426 e. The van der Waals surface area contributed by atoms with E-state index < -0.39 is 0 Å². The number of nitrogens with one attached hydrogen (secondary N) is 1. The molecule has 1 unspecified atom stereocenters. The van der Waals surface area contributed by atoms with E-state index >= 15 is 0 Å². The molecule has 5 heterocycles. The lowest BCUT2D eigenvalue weighted by Gasteiger charge is -2.13.